The smallest absolute Gasteiger partial charge is 0.148 e. The molecule has 0 aromatic rings. The van der Waals surface area contributed by atoms with E-state index in [4.69, 9.17) is 0 Å². The van der Waals surface area contributed by atoms with Crippen LogP contribution in [0, 0.1) is 0 Å². The van der Waals surface area contributed by atoms with E-state index in [1.807, 2.05) is 0 Å². The van der Waals surface area contributed by atoms with Crippen molar-refractivity contribution in [2.45, 2.75) is 18.6 Å². The van der Waals surface area contributed by atoms with Crippen molar-refractivity contribution in [3.05, 3.63) is 0 Å². The van der Waals surface area contributed by atoms with E-state index in [0.717, 1.165) is 0 Å². The van der Waals surface area contributed by atoms with Gasteiger partial charge in [-0.3, -0.25) is 0 Å². The molecule has 1 fully saturated rings. The lowest BCUT2D eigenvalue weighted by atomic mass is 10.2. The minimum absolute atomic E-state index is 0.0490. The fraction of sp³-hybridized carbons (Fsp3) is 1.00. The molecule has 3 nitrogen and oxygen atoms in total. The number of rotatable bonds is 2. The lowest BCUT2D eigenvalue weighted by molar-refractivity contribution is 0.357. The minimum Gasteiger partial charge on any atom is -0.310 e. The maximum atomic E-state index is 12.5. The summed E-state index contributed by atoms with van der Waals surface area (Å²) in [4.78, 5) is 0. The first-order chi connectivity index (χ1) is 4.97. The van der Waals surface area contributed by atoms with Gasteiger partial charge in [-0.25, -0.2) is 12.8 Å². The first kappa shape index (κ1) is 8.93. The van der Waals surface area contributed by atoms with Gasteiger partial charge >= 0.3 is 0 Å². The molecule has 0 aliphatic carbocycles. The van der Waals surface area contributed by atoms with Gasteiger partial charge in [-0.05, 0) is 6.42 Å². The third-order valence-electron chi connectivity index (χ3n) is 1.67. The molecule has 1 aliphatic heterocycles. The molecule has 1 rings (SSSR count). The van der Waals surface area contributed by atoms with Crippen LogP contribution in [0.15, 0.2) is 0 Å². The monoisotopic (exact) mass is 181 g/mol. The summed E-state index contributed by atoms with van der Waals surface area (Å²) in [7, 11) is -2.96. The molecule has 2 unspecified atom stereocenters. The minimum atomic E-state index is -2.96. The molecule has 0 aromatic carbocycles. The van der Waals surface area contributed by atoms with Crippen molar-refractivity contribution in [1.82, 2.24) is 5.32 Å². The average molecular weight is 181 g/mol. The number of sulfone groups is 1. The molecule has 0 spiro atoms. The topological polar surface area (TPSA) is 46.2 Å². The highest BCUT2D eigenvalue weighted by atomic mass is 32.2. The molecule has 1 aliphatic rings. The Morgan fingerprint density at radius 3 is 2.64 bits per heavy atom. The van der Waals surface area contributed by atoms with E-state index in [-0.39, 0.29) is 11.8 Å². The molecule has 0 bridgehead atoms. The Bertz CT molecular complexity index is 227. The molecule has 0 amide bonds. The Morgan fingerprint density at radius 1 is 1.64 bits per heavy atom. The molecule has 2 atom stereocenters. The summed E-state index contributed by atoms with van der Waals surface area (Å²) in [5.74, 6) is 0.0490. The van der Waals surface area contributed by atoms with Crippen molar-refractivity contribution in [2.24, 2.45) is 0 Å². The van der Waals surface area contributed by atoms with Crippen LogP contribution >= 0.6 is 0 Å². The van der Waals surface area contributed by atoms with Crippen molar-refractivity contribution < 1.29 is 12.8 Å². The Hall–Kier alpha value is -0.160. The van der Waals surface area contributed by atoms with Gasteiger partial charge in [-0.1, -0.05) is 0 Å². The highest BCUT2D eigenvalue weighted by Gasteiger charge is 2.25. The van der Waals surface area contributed by atoms with Gasteiger partial charge < -0.3 is 5.32 Å². The summed E-state index contributed by atoms with van der Waals surface area (Å²) < 4.78 is 34.0. The van der Waals surface area contributed by atoms with Crippen LogP contribution in [-0.2, 0) is 9.84 Å². The second-order valence-electron chi connectivity index (χ2n) is 3.03. The molecular weight excluding hydrogens is 169 g/mol. The second kappa shape index (κ2) is 3.06. The number of hydrogen-bond acceptors (Lipinski definition) is 3. The normalized spacial score (nSPS) is 32.5. The molecule has 5 heteroatoms. The Balaban J connectivity index is 2.41. The third-order valence-corrected chi connectivity index (χ3v) is 2.68. The number of alkyl halides is 1. The summed E-state index contributed by atoms with van der Waals surface area (Å²) in [5, 5.41) is 2.81. The van der Waals surface area contributed by atoms with E-state index < -0.39 is 16.0 Å². The highest BCUT2D eigenvalue weighted by molar-refractivity contribution is 7.90. The maximum Gasteiger partial charge on any atom is 0.148 e. The summed E-state index contributed by atoms with van der Waals surface area (Å²) in [6.07, 6.45) is 0.620. The molecule has 1 saturated heterocycles. The van der Waals surface area contributed by atoms with Crippen molar-refractivity contribution in [3.63, 3.8) is 0 Å². The first-order valence-corrected chi connectivity index (χ1v) is 5.58. The zero-order chi connectivity index (χ0) is 8.48. The summed E-state index contributed by atoms with van der Waals surface area (Å²) >= 11 is 0. The van der Waals surface area contributed by atoms with Gasteiger partial charge in [0.05, 0.1) is 5.75 Å². The summed E-state index contributed by atoms with van der Waals surface area (Å²) in [5.41, 5.74) is 0. The van der Waals surface area contributed by atoms with E-state index in [1.165, 1.54) is 6.26 Å². The van der Waals surface area contributed by atoms with Gasteiger partial charge in [0, 0.05) is 18.8 Å². The predicted octanol–water partition coefficient (Wildman–Crippen LogP) is -0.269. The van der Waals surface area contributed by atoms with E-state index in [1.54, 1.807) is 0 Å². The number of hydrogen-bond donors (Lipinski definition) is 1. The first-order valence-electron chi connectivity index (χ1n) is 3.52. The quantitative estimate of drug-likeness (QED) is 0.638. The third kappa shape index (κ3) is 3.16. The Kier molecular flexibility index (Phi) is 2.49. The fourth-order valence-electron chi connectivity index (χ4n) is 1.26. The van der Waals surface area contributed by atoms with E-state index >= 15 is 0 Å². The molecular formula is C6H12FNO2S. The van der Waals surface area contributed by atoms with Crippen molar-refractivity contribution >= 4 is 9.84 Å². The summed E-state index contributed by atoms with van der Waals surface area (Å²) in [6, 6.07) is -0.181. The molecule has 0 radical (unpaired) electrons. The molecule has 66 valence electrons. The SMILES string of the molecule is CS(=O)(=O)CC1CC(F)CN1. The number of halogens is 1. The Morgan fingerprint density at radius 2 is 2.27 bits per heavy atom. The van der Waals surface area contributed by atoms with Crippen LogP contribution in [0.3, 0.4) is 0 Å². The number of nitrogens with one attached hydrogen (secondary N) is 1. The largest absolute Gasteiger partial charge is 0.310 e. The maximum absolute atomic E-state index is 12.5. The van der Waals surface area contributed by atoms with Crippen LogP contribution in [-0.4, -0.2) is 39.2 Å². The highest BCUT2D eigenvalue weighted by Crippen LogP contribution is 2.10. The molecule has 0 aromatic heterocycles. The van der Waals surface area contributed by atoms with E-state index in [0.29, 0.717) is 13.0 Å². The van der Waals surface area contributed by atoms with Crippen molar-refractivity contribution in [2.75, 3.05) is 18.6 Å². The van der Waals surface area contributed by atoms with E-state index in [9.17, 15) is 12.8 Å². The van der Waals surface area contributed by atoms with Crippen LogP contribution in [0.4, 0.5) is 4.39 Å². The van der Waals surface area contributed by atoms with Crippen LogP contribution in [0.2, 0.25) is 0 Å². The average Bonchev–Trinajstić information content (AvgIpc) is 2.10. The van der Waals surface area contributed by atoms with Gasteiger partial charge in [0.1, 0.15) is 16.0 Å². The fourth-order valence-corrected chi connectivity index (χ4v) is 2.25. The second-order valence-corrected chi connectivity index (χ2v) is 5.22. The van der Waals surface area contributed by atoms with Crippen molar-refractivity contribution in [3.8, 4) is 0 Å². The lowest BCUT2D eigenvalue weighted by Gasteiger charge is -2.06. The van der Waals surface area contributed by atoms with Crippen molar-refractivity contribution in [1.29, 1.82) is 0 Å². The van der Waals surface area contributed by atoms with Gasteiger partial charge in [-0.15, -0.1) is 0 Å². The van der Waals surface area contributed by atoms with Gasteiger partial charge in [-0.2, -0.15) is 0 Å². The standard InChI is InChI=1S/C6H12FNO2S/c1-11(9,10)4-6-2-5(7)3-8-6/h5-6,8H,2-4H2,1H3. The van der Waals surface area contributed by atoms with Gasteiger partial charge in [0.15, 0.2) is 0 Å². The van der Waals surface area contributed by atoms with Gasteiger partial charge in [0.25, 0.3) is 0 Å². The molecule has 1 heterocycles. The summed E-state index contributed by atoms with van der Waals surface area (Å²) in [6.45, 7) is 0.292. The molecule has 11 heavy (non-hydrogen) atoms. The van der Waals surface area contributed by atoms with E-state index in [2.05, 4.69) is 5.32 Å². The molecule has 0 saturated carbocycles. The van der Waals surface area contributed by atoms with Gasteiger partial charge in [0.2, 0.25) is 0 Å². The zero-order valence-corrected chi connectivity index (χ0v) is 7.20. The Labute approximate surface area is 65.9 Å². The zero-order valence-electron chi connectivity index (χ0n) is 6.38. The van der Waals surface area contributed by atoms with Crippen LogP contribution in [0.5, 0.6) is 0 Å². The lowest BCUT2D eigenvalue weighted by Crippen LogP contribution is -2.29. The van der Waals surface area contributed by atoms with Crippen LogP contribution in [0.25, 0.3) is 0 Å². The molecule has 1 N–H and O–H groups in total. The van der Waals surface area contributed by atoms with Crippen LogP contribution in [0.1, 0.15) is 6.42 Å². The van der Waals surface area contributed by atoms with Crippen LogP contribution < -0.4 is 5.32 Å². The predicted molar refractivity (Wildman–Crippen MR) is 41.0 cm³/mol.